The van der Waals surface area contributed by atoms with Crippen LogP contribution in [0.5, 0.6) is 0 Å². The van der Waals surface area contributed by atoms with Gasteiger partial charge in [0.05, 0.1) is 12.4 Å². The van der Waals surface area contributed by atoms with Crippen molar-refractivity contribution >= 4 is 28.9 Å². The number of carbonyl (C=O) groups excluding carboxylic acids is 1. The lowest BCUT2D eigenvalue weighted by Crippen LogP contribution is -2.33. The lowest BCUT2D eigenvalue weighted by molar-refractivity contribution is -0.138. The van der Waals surface area contributed by atoms with Crippen molar-refractivity contribution in [1.29, 1.82) is 0 Å². The molecule has 1 aliphatic rings. The Bertz CT molecular complexity index is 1370. The maximum Gasteiger partial charge on any atom is 0.320 e. The number of amides is 1. The van der Waals surface area contributed by atoms with Gasteiger partial charge in [0.2, 0.25) is 0 Å². The molecule has 3 aromatic rings. The van der Waals surface area contributed by atoms with Gasteiger partial charge >= 0.3 is 5.97 Å². The monoisotopic (exact) mass is 510 g/mol. The van der Waals surface area contributed by atoms with Crippen LogP contribution in [-0.2, 0) is 9.53 Å². The molecular formula is C23H26N8O6. The Labute approximate surface area is 210 Å². The molecule has 6 atom stereocenters. The van der Waals surface area contributed by atoms with Gasteiger partial charge in [0, 0.05) is 5.92 Å². The van der Waals surface area contributed by atoms with E-state index >= 15 is 0 Å². The third-order valence-electron chi connectivity index (χ3n) is 6.06. The van der Waals surface area contributed by atoms with E-state index in [4.69, 9.17) is 27.0 Å². The normalized spacial score (nSPS) is 22.8. The molecule has 0 saturated carbocycles. The van der Waals surface area contributed by atoms with Crippen LogP contribution >= 0.6 is 0 Å². The molecule has 1 saturated heterocycles. The number of hydrogen-bond donors (Lipinski definition) is 6. The summed E-state index contributed by atoms with van der Waals surface area (Å²) in [6, 6.07) is 3.54. The summed E-state index contributed by atoms with van der Waals surface area (Å²) in [7, 11) is 0. The summed E-state index contributed by atoms with van der Waals surface area (Å²) in [6.45, 7) is 0. The van der Waals surface area contributed by atoms with Crippen LogP contribution in [0.3, 0.4) is 0 Å². The summed E-state index contributed by atoms with van der Waals surface area (Å²) in [4.78, 5) is 38.9. The number of aliphatic carboxylic acids is 1. The summed E-state index contributed by atoms with van der Waals surface area (Å²) in [6.07, 6.45) is -1.31. The van der Waals surface area contributed by atoms with Crippen LogP contribution in [0.25, 0.3) is 11.2 Å². The molecule has 37 heavy (non-hydrogen) atoms. The number of carbonyl (C=O) groups is 2. The van der Waals surface area contributed by atoms with E-state index in [-0.39, 0.29) is 36.5 Å². The highest BCUT2D eigenvalue weighted by molar-refractivity contribution is 5.90. The van der Waals surface area contributed by atoms with Gasteiger partial charge in [-0.1, -0.05) is 12.0 Å². The number of aliphatic hydroxyl groups excluding tert-OH is 2. The van der Waals surface area contributed by atoms with Crippen molar-refractivity contribution in [3.63, 3.8) is 0 Å². The number of nitrogen functional groups attached to an aromatic ring is 1. The van der Waals surface area contributed by atoms with Gasteiger partial charge in [-0.15, -0.1) is 0 Å². The molecule has 9 N–H and O–H groups in total. The van der Waals surface area contributed by atoms with E-state index in [9.17, 15) is 19.8 Å². The number of hydrogen-bond acceptors (Lipinski definition) is 11. The minimum Gasteiger partial charge on any atom is -0.480 e. The Balaban J connectivity index is 1.56. The highest BCUT2D eigenvalue weighted by atomic mass is 16.6. The zero-order valence-corrected chi connectivity index (χ0v) is 19.5. The molecule has 1 amide bonds. The average molecular weight is 511 g/mol. The molecule has 1 aliphatic heterocycles. The Morgan fingerprint density at radius 2 is 1.95 bits per heavy atom. The summed E-state index contributed by atoms with van der Waals surface area (Å²) < 4.78 is 7.46. The van der Waals surface area contributed by atoms with Crippen LogP contribution in [0, 0.1) is 17.8 Å². The number of anilines is 1. The third kappa shape index (κ3) is 5.65. The van der Waals surface area contributed by atoms with E-state index in [1.165, 1.54) is 23.3 Å². The fourth-order valence-corrected chi connectivity index (χ4v) is 4.06. The lowest BCUT2D eigenvalue weighted by Gasteiger charge is -2.19. The van der Waals surface area contributed by atoms with Crippen LogP contribution in [0.1, 0.15) is 41.7 Å². The molecule has 0 bridgehead atoms. The van der Waals surface area contributed by atoms with Crippen molar-refractivity contribution in [3.8, 4) is 11.8 Å². The fraction of sp³-hybridized carbons (Fsp3) is 0.391. The number of primary amides is 1. The Morgan fingerprint density at radius 3 is 2.68 bits per heavy atom. The molecule has 0 unspecified atom stereocenters. The predicted molar refractivity (Wildman–Crippen MR) is 128 cm³/mol. The molecule has 194 valence electrons. The van der Waals surface area contributed by atoms with E-state index in [0.717, 1.165) is 0 Å². The number of imidazole rings is 1. The van der Waals surface area contributed by atoms with E-state index < -0.39 is 48.4 Å². The van der Waals surface area contributed by atoms with Crippen molar-refractivity contribution in [3.05, 3.63) is 42.2 Å². The number of nitrogens with two attached hydrogens (primary N) is 3. The van der Waals surface area contributed by atoms with Crippen molar-refractivity contribution in [2.24, 2.45) is 17.4 Å². The second-order valence-electron chi connectivity index (χ2n) is 8.63. The third-order valence-corrected chi connectivity index (χ3v) is 6.06. The summed E-state index contributed by atoms with van der Waals surface area (Å²) in [5.74, 6) is 3.68. The smallest absolute Gasteiger partial charge is 0.320 e. The number of rotatable bonds is 8. The maximum atomic E-state index is 11.4. The molecule has 4 heterocycles. The molecule has 0 aromatic carbocycles. The van der Waals surface area contributed by atoms with Crippen molar-refractivity contribution in [2.45, 2.75) is 49.8 Å². The molecule has 1 fully saturated rings. The van der Waals surface area contributed by atoms with Gasteiger partial charge in [-0.25, -0.2) is 19.9 Å². The second-order valence-corrected chi connectivity index (χ2v) is 8.63. The SMILES string of the molecule is NC(=O)c1cccc(C#C[C@@H](CC[C@H](N)C(=O)O)C[C@H]2O[C@@H](n3cnc4c(N)ncnc43)[C@H](O)[C@@H]2O)n1. The molecule has 4 rings (SSSR count). The van der Waals surface area contributed by atoms with E-state index in [2.05, 4.69) is 31.8 Å². The van der Waals surface area contributed by atoms with Crippen LogP contribution in [-0.4, -0.2) is 76.1 Å². The molecule has 0 radical (unpaired) electrons. The van der Waals surface area contributed by atoms with Crippen molar-refractivity contribution in [1.82, 2.24) is 24.5 Å². The number of carboxylic acids is 1. The Kier molecular flexibility index (Phi) is 7.60. The van der Waals surface area contributed by atoms with E-state index in [0.29, 0.717) is 11.2 Å². The number of carboxylic acid groups (broad SMARTS) is 1. The van der Waals surface area contributed by atoms with Gasteiger partial charge < -0.3 is 37.3 Å². The number of ether oxygens (including phenoxy) is 1. The first kappa shape index (κ1) is 25.9. The van der Waals surface area contributed by atoms with E-state index in [1.54, 1.807) is 12.1 Å². The quantitative estimate of drug-likeness (QED) is 0.195. The average Bonchev–Trinajstić information content (AvgIpc) is 3.42. The number of pyridine rings is 1. The number of aliphatic hydroxyl groups is 2. The zero-order chi connectivity index (χ0) is 26.7. The standard InChI is InChI=1S/C23H26N8O6/c24-13(23(35)36)7-5-11(4-6-12-2-1-3-14(30-12)20(26)34)8-15-17(32)18(33)22(37-15)31-10-29-16-19(25)27-9-28-21(16)31/h1-3,9-11,13,15,17-18,22,32-33H,5,7-8,24H2,(H2,26,34)(H,35,36)(H2,25,27,28)/t11-,13-,15+,17+,18+,22+/m0/s1. The predicted octanol–water partition coefficient (Wildman–Crippen LogP) is -1.23. The Hall–Kier alpha value is -4.16. The summed E-state index contributed by atoms with van der Waals surface area (Å²) >= 11 is 0. The van der Waals surface area contributed by atoms with E-state index in [1.807, 2.05) is 0 Å². The van der Waals surface area contributed by atoms with Gasteiger partial charge in [-0.3, -0.25) is 14.2 Å². The number of fused-ring (bicyclic) bond motifs is 1. The largest absolute Gasteiger partial charge is 0.480 e. The van der Waals surface area contributed by atoms with Gasteiger partial charge in [0.15, 0.2) is 17.7 Å². The first-order valence-electron chi connectivity index (χ1n) is 11.4. The molecule has 3 aromatic heterocycles. The highest BCUT2D eigenvalue weighted by Gasteiger charge is 2.45. The minimum absolute atomic E-state index is 0.0498. The number of nitrogens with zero attached hydrogens (tertiary/aromatic N) is 5. The lowest BCUT2D eigenvalue weighted by atomic mass is 9.92. The summed E-state index contributed by atoms with van der Waals surface area (Å²) in [5.41, 5.74) is 17.8. The van der Waals surface area contributed by atoms with Gasteiger partial charge in [-0.05, 0) is 37.3 Å². The van der Waals surface area contributed by atoms with Crippen LogP contribution in [0.4, 0.5) is 5.82 Å². The first-order chi connectivity index (χ1) is 17.7. The molecule has 14 heteroatoms. The molecular weight excluding hydrogens is 484 g/mol. The molecule has 0 spiro atoms. The minimum atomic E-state index is -1.32. The van der Waals surface area contributed by atoms with Crippen LogP contribution in [0.15, 0.2) is 30.9 Å². The van der Waals surface area contributed by atoms with Crippen molar-refractivity contribution < 1.29 is 29.6 Å². The topological polar surface area (TPSA) is 239 Å². The van der Waals surface area contributed by atoms with Gasteiger partial charge in [0.1, 0.15) is 41.5 Å². The molecule has 0 aliphatic carbocycles. The highest BCUT2D eigenvalue weighted by Crippen LogP contribution is 2.35. The zero-order valence-electron chi connectivity index (χ0n) is 19.5. The Morgan fingerprint density at radius 1 is 1.16 bits per heavy atom. The fourth-order valence-electron chi connectivity index (χ4n) is 4.06. The molecule has 14 nitrogen and oxygen atoms in total. The van der Waals surface area contributed by atoms with Crippen LogP contribution in [0.2, 0.25) is 0 Å². The van der Waals surface area contributed by atoms with Crippen LogP contribution < -0.4 is 17.2 Å². The van der Waals surface area contributed by atoms with Gasteiger partial charge in [-0.2, -0.15) is 0 Å². The van der Waals surface area contributed by atoms with Gasteiger partial charge in [0.25, 0.3) is 5.91 Å². The summed E-state index contributed by atoms with van der Waals surface area (Å²) in [5, 5.41) is 30.6. The maximum absolute atomic E-state index is 11.4. The van der Waals surface area contributed by atoms with Crippen molar-refractivity contribution in [2.75, 3.05) is 5.73 Å². The first-order valence-corrected chi connectivity index (χ1v) is 11.4. The second kappa shape index (κ2) is 10.8. The number of aromatic nitrogens is 5.